The van der Waals surface area contributed by atoms with E-state index in [-0.39, 0.29) is 0 Å². The summed E-state index contributed by atoms with van der Waals surface area (Å²) in [5.41, 5.74) is 1.36. The number of aliphatic hydroxyl groups is 1. The molecule has 2 heterocycles. The summed E-state index contributed by atoms with van der Waals surface area (Å²) in [6.07, 6.45) is 7.89. The van der Waals surface area contributed by atoms with E-state index in [9.17, 15) is 0 Å². The van der Waals surface area contributed by atoms with Crippen molar-refractivity contribution >= 4 is 0 Å². The Labute approximate surface area is 97.5 Å². The number of rotatable bonds is 6. The second kappa shape index (κ2) is 6.06. The third kappa shape index (κ3) is 2.86. The van der Waals surface area contributed by atoms with Gasteiger partial charge in [0.2, 0.25) is 0 Å². The molecule has 1 aliphatic rings. The fourth-order valence-corrected chi connectivity index (χ4v) is 2.60. The molecular weight excluding hydrogens is 200 g/mol. The Morgan fingerprint density at radius 3 is 3.06 bits per heavy atom. The molecule has 1 atom stereocenters. The number of hydrogen-bond acceptors (Lipinski definition) is 2. The number of aromatic amines is 1. The van der Waals surface area contributed by atoms with Crippen molar-refractivity contribution in [1.29, 1.82) is 0 Å². The molecule has 1 fully saturated rings. The number of likely N-dealkylation sites (tertiary alicyclic amines) is 1. The summed E-state index contributed by atoms with van der Waals surface area (Å²) in [5.74, 6) is 0. The minimum absolute atomic E-state index is 0.333. The molecule has 0 spiro atoms. The van der Waals surface area contributed by atoms with Crippen LogP contribution in [0.4, 0.5) is 0 Å². The van der Waals surface area contributed by atoms with Crippen LogP contribution in [-0.4, -0.2) is 34.7 Å². The monoisotopic (exact) mass is 222 g/mol. The minimum Gasteiger partial charge on any atom is -0.396 e. The molecule has 0 aromatic carbocycles. The largest absolute Gasteiger partial charge is 0.396 e. The van der Waals surface area contributed by atoms with Crippen LogP contribution in [0, 0.1) is 0 Å². The van der Waals surface area contributed by atoms with Gasteiger partial charge < -0.3 is 10.1 Å². The van der Waals surface area contributed by atoms with E-state index in [0.717, 1.165) is 12.8 Å². The number of unbranched alkanes of at least 4 members (excludes halogenated alkanes) is 2. The molecule has 1 aromatic heterocycles. The van der Waals surface area contributed by atoms with Gasteiger partial charge in [-0.3, -0.25) is 4.90 Å². The SMILES string of the molecule is OCCCCCN1CCCC1c1ccc[nH]1. The summed E-state index contributed by atoms with van der Waals surface area (Å²) in [4.78, 5) is 5.90. The molecule has 16 heavy (non-hydrogen) atoms. The molecule has 0 saturated carbocycles. The van der Waals surface area contributed by atoms with Gasteiger partial charge in [0, 0.05) is 24.5 Å². The third-order valence-corrected chi connectivity index (χ3v) is 3.45. The summed E-state index contributed by atoms with van der Waals surface area (Å²) in [7, 11) is 0. The summed E-state index contributed by atoms with van der Waals surface area (Å²) in [6, 6.07) is 4.87. The van der Waals surface area contributed by atoms with Crippen molar-refractivity contribution in [2.24, 2.45) is 0 Å². The van der Waals surface area contributed by atoms with Gasteiger partial charge in [0.1, 0.15) is 0 Å². The van der Waals surface area contributed by atoms with Crippen LogP contribution in [0.15, 0.2) is 18.3 Å². The lowest BCUT2D eigenvalue weighted by atomic mass is 10.1. The highest BCUT2D eigenvalue weighted by molar-refractivity contribution is 5.10. The van der Waals surface area contributed by atoms with Gasteiger partial charge >= 0.3 is 0 Å². The van der Waals surface area contributed by atoms with Gasteiger partial charge in [-0.05, 0) is 57.3 Å². The van der Waals surface area contributed by atoms with E-state index >= 15 is 0 Å². The van der Waals surface area contributed by atoms with Gasteiger partial charge in [-0.1, -0.05) is 0 Å². The maximum Gasteiger partial charge on any atom is 0.0498 e. The molecule has 1 saturated heterocycles. The lowest BCUT2D eigenvalue weighted by Crippen LogP contribution is -2.24. The van der Waals surface area contributed by atoms with Gasteiger partial charge in [0.25, 0.3) is 0 Å². The van der Waals surface area contributed by atoms with Crippen molar-refractivity contribution in [1.82, 2.24) is 9.88 Å². The molecule has 2 N–H and O–H groups in total. The summed E-state index contributed by atoms with van der Waals surface area (Å²) >= 11 is 0. The van der Waals surface area contributed by atoms with Gasteiger partial charge in [0.05, 0.1) is 0 Å². The first-order valence-electron chi connectivity index (χ1n) is 6.40. The average molecular weight is 222 g/mol. The van der Waals surface area contributed by atoms with E-state index in [4.69, 9.17) is 5.11 Å². The van der Waals surface area contributed by atoms with Crippen LogP contribution in [0.2, 0.25) is 0 Å². The number of hydrogen-bond donors (Lipinski definition) is 2. The Bertz CT molecular complexity index is 284. The van der Waals surface area contributed by atoms with Crippen molar-refractivity contribution in [3.05, 3.63) is 24.0 Å². The molecule has 1 aromatic rings. The fraction of sp³-hybridized carbons (Fsp3) is 0.692. The second-order valence-electron chi connectivity index (χ2n) is 4.60. The summed E-state index contributed by atoms with van der Waals surface area (Å²) < 4.78 is 0. The van der Waals surface area contributed by atoms with Crippen LogP contribution in [0.5, 0.6) is 0 Å². The van der Waals surface area contributed by atoms with Crippen LogP contribution >= 0.6 is 0 Å². The Hall–Kier alpha value is -0.800. The topological polar surface area (TPSA) is 39.3 Å². The first-order valence-corrected chi connectivity index (χ1v) is 6.40. The summed E-state index contributed by atoms with van der Waals surface area (Å²) in [5, 5.41) is 8.74. The van der Waals surface area contributed by atoms with Crippen molar-refractivity contribution in [2.45, 2.75) is 38.1 Å². The Balaban J connectivity index is 1.80. The molecule has 0 amide bonds. The second-order valence-corrected chi connectivity index (χ2v) is 4.60. The first-order chi connectivity index (χ1) is 7.92. The van der Waals surface area contributed by atoms with E-state index in [2.05, 4.69) is 22.0 Å². The average Bonchev–Trinajstić information content (AvgIpc) is 2.94. The number of nitrogens with zero attached hydrogens (tertiary/aromatic N) is 1. The number of aliphatic hydroxyl groups excluding tert-OH is 1. The maximum atomic E-state index is 8.74. The highest BCUT2D eigenvalue weighted by Crippen LogP contribution is 2.30. The quantitative estimate of drug-likeness (QED) is 0.725. The molecular formula is C13H22N2O. The standard InChI is InChI=1S/C13H22N2O/c16-11-3-1-2-9-15-10-5-7-13(15)12-6-4-8-14-12/h4,6,8,13-14,16H,1-3,5,7,9-11H2. The number of aromatic nitrogens is 1. The van der Waals surface area contributed by atoms with E-state index in [1.54, 1.807) is 0 Å². The predicted molar refractivity (Wildman–Crippen MR) is 65.3 cm³/mol. The predicted octanol–water partition coefficient (Wildman–Crippen LogP) is 2.31. The molecule has 1 unspecified atom stereocenters. The van der Waals surface area contributed by atoms with E-state index in [1.165, 1.54) is 38.0 Å². The molecule has 0 radical (unpaired) electrons. The van der Waals surface area contributed by atoms with Crippen molar-refractivity contribution in [3.63, 3.8) is 0 Å². The van der Waals surface area contributed by atoms with Crippen molar-refractivity contribution < 1.29 is 5.11 Å². The van der Waals surface area contributed by atoms with Crippen LogP contribution in [0.1, 0.15) is 43.8 Å². The molecule has 0 aliphatic carbocycles. The van der Waals surface area contributed by atoms with Gasteiger partial charge in [-0.25, -0.2) is 0 Å². The zero-order valence-electron chi connectivity index (χ0n) is 9.86. The third-order valence-electron chi connectivity index (χ3n) is 3.45. The minimum atomic E-state index is 0.333. The number of nitrogens with one attached hydrogen (secondary N) is 1. The van der Waals surface area contributed by atoms with Crippen LogP contribution in [0.25, 0.3) is 0 Å². The van der Waals surface area contributed by atoms with Gasteiger partial charge in [-0.15, -0.1) is 0 Å². The molecule has 3 nitrogen and oxygen atoms in total. The Kier molecular flexibility index (Phi) is 4.43. The van der Waals surface area contributed by atoms with Crippen LogP contribution < -0.4 is 0 Å². The highest BCUT2D eigenvalue weighted by atomic mass is 16.2. The zero-order chi connectivity index (χ0) is 11.2. The normalized spacial score (nSPS) is 21.7. The molecule has 2 rings (SSSR count). The lowest BCUT2D eigenvalue weighted by Gasteiger charge is -2.23. The maximum absolute atomic E-state index is 8.74. The number of H-pyrrole nitrogens is 1. The molecule has 3 heteroatoms. The zero-order valence-corrected chi connectivity index (χ0v) is 9.86. The van der Waals surface area contributed by atoms with Crippen LogP contribution in [0.3, 0.4) is 0 Å². The van der Waals surface area contributed by atoms with Gasteiger partial charge in [0.15, 0.2) is 0 Å². The Morgan fingerprint density at radius 2 is 2.31 bits per heavy atom. The first kappa shape index (κ1) is 11.7. The van der Waals surface area contributed by atoms with E-state index < -0.39 is 0 Å². The van der Waals surface area contributed by atoms with Crippen LogP contribution in [-0.2, 0) is 0 Å². The van der Waals surface area contributed by atoms with Crippen molar-refractivity contribution in [3.8, 4) is 0 Å². The van der Waals surface area contributed by atoms with Gasteiger partial charge in [-0.2, -0.15) is 0 Å². The smallest absolute Gasteiger partial charge is 0.0498 e. The Morgan fingerprint density at radius 1 is 1.38 bits per heavy atom. The molecule has 90 valence electrons. The fourth-order valence-electron chi connectivity index (χ4n) is 2.60. The molecule has 0 bridgehead atoms. The highest BCUT2D eigenvalue weighted by Gasteiger charge is 2.25. The van der Waals surface area contributed by atoms with E-state index in [1.807, 2.05) is 6.20 Å². The van der Waals surface area contributed by atoms with Crippen molar-refractivity contribution in [2.75, 3.05) is 19.7 Å². The molecule has 1 aliphatic heterocycles. The summed E-state index contributed by atoms with van der Waals surface area (Å²) in [6.45, 7) is 2.73. The lowest BCUT2D eigenvalue weighted by molar-refractivity contribution is 0.238. The van der Waals surface area contributed by atoms with E-state index in [0.29, 0.717) is 12.6 Å².